The van der Waals surface area contributed by atoms with Crippen LogP contribution in [0.15, 0.2) is 35.3 Å². The van der Waals surface area contributed by atoms with E-state index >= 15 is 0 Å². The lowest BCUT2D eigenvalue weighted by molar-refractivity contribution is 0.185. The molecule has 1 fully saturated rings. The van der Waals surface area contributed by atoms with Gasteiger partial charge in [-0.05, 0) is 18.9 Å². The van der Waals surface area contributed by atoms with E-state index in [4.69, 9.17) is 4.74 Å². The van der Waals surface area contributed by atoms with E-state index in [1.54, 1.807) is 6.20 Å². The normalized spacial score (nSPS) is 17.9. The Hall–Kier alpha value is -2.47. The van der Waals surface area contributed by atoms with Crippen molar-refractivity contribution in [1.29, 1.82) is 0 Å². The van der Waals surface area contributed by atoms with Crippen molar-refractivity contribution in [2.24, 2.45) is 0 Å². The van der Waals surface area contributed by atoms with Gasteiger partial charge in [0.15, 0.2) is 5.65 Å². The fraction of sp³-hybridized carbons (Fsp3) is 0.353. The van der Waals surface area contributed by atoms with Gasteiger partial charge in [0.25, 0.3) is 5.56 Å². The molecule has 23 heavy (non-hydrogen) atoms. The van der Waals surface area contributed by atoms with Crippen molar-refractivity contribution in [3.63, 3.8) is 0 Å². The first-order valence-corrected chi connectivity index (χ1v) is 7.80. The molecule has 118 valence electrons. The summed E-state index contributed by atoms with van der Waals surface area (Å²) in [5.41, 5.74) is 2.83. The Labute approximate surface area is 133 Å². The van der Waals surface area contributed by atoms with Gasteiger partial charge in [-0.2, -0.15) is 5.10 Å². The third-order valence-electron chi connectivity index (χ3n) is 4.22. The third kappa shape index (κ3) is 2.66. The van der Waals surface area contributed by atoms with Crippen molar-refractivity contribution in [2.75, 3.05) is 13.2 Å². The summed E-state index contributed by atoms with van der Waals surface area (Å²) in [6, 6.07) is 8.37. The van der Waals surface area contributed by atoms with Crippen LogP contribution in [0, 0.1) is 6.92 Å². The van der Waals surface area contributed by atoms with Gasteiger partial charge in [0.1, 0.15) is 11.2 Å². The van der Waals surface area contributed by atoms with Crippen LogP contribution in [0.3, 0.4) is 0 Å². The van der Waals surface area contributed by atoms with E-state index in [1.165, 1.54) is 5.56 Å². The molecule has 6 heteroatoms. The van der Waals surface area contributed by atoms with Crippen molar-refractivity contribution in [3.8, 4) is 0 Å². The number of nitrogens with zero attached hydrogens (tertiary/aromatic N) is 3. The predicted octanol–water partition coefficient (Wildman–Crippen LogP) is 1.98. The number of H-pyrrole nitrogens is 1. The van der Waals surface area contributed by atoms with Crippen LogP contribution in [-0.2, 0) is 11.2 Å². The average Bonchev–Trinajstić information content (AvgIpc) is 3.15. The highest BCUT2D eigenvalue weighted by atomic mass is 16.5. The molecule has 3 heterocycles. The molecule has 4 rings (SSSR count). The van der Waals surface area contributed by atoms with Crippen molar-refractivity contribution in [3.05, 3.63) is 57.8 Å². The maximum absolute atomic E-state index is 12.3. The quantitative estimate of drug-likeness (QED) is 0.803. The molecule has 0 radical (unpaired) electrons. The summed E-state index contributed by atoms with van der Waals surface area (Å²) in [7, 11) is 0. The molecule has 1 atom stereocenters. The van der Waals surface area contributed by atoms with Crippen LogP contribution >= 0.6 is 0 Å². The van der Waals surface area contributed by atoms with Gasteiger partial charge in [-0.15, -0.1) is 0 Å². The first kappa shape index (κ1) is 14.1. The van der Waals surface area contributed by atoms with Crippen molar-refractivity contribution in [1.82, 2.24) is 19.7 Å². The first-order valence-electron chi connectivity index (χ1n) is 7.80. The summed E-state index contributed by atoms with van der Waals surface area (Å²) in [4.78, 5) is 19.8. The molecule has 0 spiro atoms. The Kier molecular flexibility index (Phi) is 3.46. The monoisotopic (exact) mass is 310 g/mol. The Morgan fingerprint density at radius 3 is 3.13 bits per heavy atom. The minimum Gasteiger partial charge on any atom is -0.379 e. The summed E-state index contributed by atoms with van der Waals surface area (Å²) in [5.74, 6) is 0.661. The van der Waals surface area contributed by atoms with E-state index in [-0.39, 0.29) is 11.6 Å². The molecular weight excluding hydrogens is 292 g/mol. The molecule has 1 N–H and O–H groups in total. The lowest BCUT2D eigenvalue weighted by atomic mass is 10.1. The number of ether oxygens (including phenoxy) is 1. The average molecular weight is 310 g/mol. The zero-order valence-electron chi connectivity index (χ0n) is 13.0. The molecule has 1 aromatic carbocycles. The molecule has 0 aliphatic carbocycles. The largest absolute Gasteiger partial charge is 0.379 e. The molecular formula is C17H18N4O2. The number of aromatic amines is 1. The number of nitrogens with one attached hydrogen (secondary N) is 1. The highest BCUT2D eigenvalue weighted by Gasteiger charge is 2.22. The van der Waals surface area contributed by atoms with Crippen LogP contribution in [0.1, 0.15) is 29.4 Å². The van der Waals surface area contributed by atoms with E-state index in [9.17, 15) is 4.79 Å². The zero-order valence-corrected chi connectivity index (χ0v) is 13.0. The number of rotatable bonds is 3. The minimum atomic E-state index is -0.136. The van der Waals surface area contributed by atoms with Crippen LogP contribution in [0.4, 0.5) is 0 Å². The highest BCUT2D eigenvalue weighted by molar-refractivity contribution is 5.73. The fourth-order valence-electron chi connectivity index (χ4n) is 3.06. The van der Waals surface area contributed by atoms with Gasteiger partial charge in [0, 0.05) is 13.0 Å². The minimum absolute atomic E-state index is 0.136. The zero-order chi connectivity index (χ0) is 15.8. The molecule has 1 unspecified atom stereocenters. The third-order valence-corrected chi connectivity index (χ3v) is 4.22. The number of aryl methyl sites for hydroxylation is 1. The molecule has 1 aliphatic heterocycles. The Balaban J connectivity index is 1.75. The van der Waals surface area contributed by atoms with Gasteiger partial charge < -0.3 is 9.72 Å². The van der Waals surface area contributed by atoms with Crippen molar-refractivity contribution < 1.29 is 4.74 Å². The predicted molar refractivity (Wildman–Crippen MR) is 86.6 cm³/mol. The number of benzene rings is 1. The summed E-state index contributed by atoms with van der Waals surface area (Å²) in [6.45, 7) is 3.40. The van der Waals surface area contributed by atoms with Crippen molar-refractivity contribution in [2.45, 2.75) is 25.8 Å². The van der Waals surface area contributed by atoms with E-state index in [0.29, 0.717) is 29.9 Å². The number of aromatic nitrogens is 4. The van der Waals surface area contributed by atoms with Gasteiger partial charge in [-0.3, -0.25) is 4.79 Å². The second-order valence-corrected chi connectivity index (χ2v) is 6.02. The van der Waals surface area contributed by atoms with Crippen LogP contribution in [0.25, 0.3) is 11.0 Å². The summed E-state index contributed by atoms with van der Waals surface area (Å²) >= 11 is 0. The standard InChI is InChI=1S/C17H18N4O2/c1-11-3-2-4-12(7-11)8-15-19-16-14(17(22)20-15)9-18-21(16)13-5-6-23-10-13/h2-4,7,9,13H,5-6,8,10H2,1H3,(H,19,20,22). The van der Waals surface area contributed by atoms with E-state index in [0.717, 1.165) is 18.6 Å². The second-order valence-electron chi connectivity index (χ2n) is 6.02. The van der Waals surface area contributed by atoms with Gasteiger partial charge in [0.2, 0.25) is 0 Å². The van der Waals surface area contributed by atoms with Gasteiger partial charge >= 0.3 is 0 Å². The number of hydrogen-bond donors (Lipinski definition) is 1. The van der Waals surface area contributed by atoms with Crippen LogP contribution in [0.5, 0.6) is 0 Å². The van der Waals surface area contributed by atoms with E-state index in [2.05, 4.69) is 34.1 Å². The maximum atomic E-state index is 12.3. The Morgan fingerprint density at radius 1 is 1.43 bits per heavy atom. The topological polar surface area (TPSA) is 72.8 Å². The first-order chi connectivity index (χ1) is 11.2. The summed E-state index contributed by atoms with van der Waals surface area (Å²) in [6.07, 6.45) is 3.09. The SMILES string of the molecule is Cc1cccc(Cc2nc3c(cnn3C3CCOC3)c(=O)[nH]2)c1. The van der Waals surface area contributed by atoms with Crippen molar-refractivity contribution >= 4 is 11.0 Å². The van der Waals surface area contributed by atoms with Gasteiger partial charge in [0.05, 0.1) is 18.8 Å². The summed E-state index contributed by atoms with van der Waals surface area (Å²) in [5, 5.41) is 4.89. The fourth-order valence-corrected chi connectivity index (χ4v) is 3.06. The number of fused-ring (bicyclic) bond motifs is 1. The smallest absolute Gasteiger partial charge is 0.262 e. The molecule has 6 nitrogen and oxygen atoms in total. The van der Waals surface area contributed by atoms with Gasteiger partial charge in [-0.1, -0.05) is 29.8 Å². The van der Waals surface area contributed by atoms with E-state index < -0.39 is 0 Å². The Morgan fingerprint density at radius 2 is 2.35 bits per heavy atom. The highest BCUT2D eigenvalue weighted by Crippen LogP contribution is 2.21. The van der Waals surface area contributed by atoms with Crippen LogP contribution < -0.4 is 5.56 Å². The molecule has 1 aliphatic rings. The second kappa shape index (κ2) is 5.62. The van der Waals surface area contributed by atoms with Gasteiger partial charge in [-0.25, -0.2) is 9.67 Å². The molecule has 3 aromatic rings. The number of hydrogen-bond acceptors (Lipinski definition) is 4. The lowest BCUT2D eigenvalue weighted by Crippen LogP contribution is -2.15. The molecule has 0 amide bonds. The van der Waals surface area contributed by atoms with E-state index in [1.807, 2.05) is 16.8 Å². The Bertz CT molecular complexity index is 906. The molecule has 2 aromatic heterocycles. The molecule has 0 saturated carbocycles. The summed E-state index contributed by atoms with van der Waals surface area (Å²) < 4.78 is 7.26. The van der Waals surface area contributed by atoms with Crippen LogP contribution in [0.2, 0.25) is 0 Å². The maximum Gasteiger partial charge on any atom is 0.262 e. The van der Waals surface area contributed by atoms with Crippen LogP contribution in [-0.4, -0.2) is 33.0 Å². The lowest BCUT2D eigenvalue weighted by Gasteiger charge is -2.09. The molecule has 1 saturated heterocycles. The molecule has 0 bridgehead atoms.